The molecule has 0 aromatic heterocycles. The molecule has 0 radical (unpaired) electrons. The predicted octanol–water partition coefficient (Wildman–Crippen LogP) is 1.49. The molecule has 19 heavy (non-hydrogen) atoms. The fourth-order valence-corrected chi connectivity index (χ4v) is 2.17. The second-order valence-electron chi connectivity index (χ2n) is 4.86. The normalized spacial score (nSPS) is 17.4. The number of aliphatic hydroxyl groups excluding tert-OH is 1. The molecule has 0 bridgehead atoms. The van der Waals surface area contributed by atoms with Crippen molar-refractivity contribution in [2.45, 2.75) is 31.9 Å². The van der Waals surface area contributed by atoms with Gasteiger partial charge in [-0.25, -0.2) is 0 Å². The number of carbonyl (C=O) groups excluding carboxylic acids is 1. The molecule has 102 valence electrons. The van der Waals surface area contributed by atoms with Gasteiger partial charge in [-0.1, -0.05) is 24.3 Å². The number of aryl methyl sites for hydroxylation is 1. The molecule has 3 N–H and O–H groups in total. The highest BCUT2D eigenvalue weighted by molar-refractivity contribution is 5.79. The average molecular weight is 260 g/mol. The van der Waals surface area contributed by atoms with Crippen LogP contribution in [-0.4, -0.2) is 28.7 Å². The van der Waals surface area contributed by atoms with E-state index in [2.05, 4.69) is 6.07 Å². The van der Waals surface area contributed by atoms with Crippen LogP contribution in [0.15, 0.2) is 30.5 Å². The van der Waals surface area contributed by atoms with Crippen LogP contribution >= 0.6 is 0 Å². The van der Waals surface area contributed by atoms with Gasteiger partial charge in [0.2, 0.25) is 5.91 Å². The quantitative estimate of drug-likeness (QED) is 0.788. The van der Waals surface area contributed by atoms with E-state index in [1.807, 2.05) is 30.5 Å². The van der Waals surface area contributed by atoms with Gasteiger partial charge in [0.15, 0.2) is 0 Å². The number of carbonyl (C=O) groups is 1. The number of benzene rings is 1. The zero-order valence-corrected chi connectivity index (χ0v) is 11.0. The van der Waals surface area contributed by atoms with Gasteiger partial charge in [0, 0.05) is 19.2 Å². The van der Waals surface area contributed by atoms with E-state index in [-0.39, 0.29) is 5.91 Å². The van der Waals surface area contributed by atoms with E-state index in [1.54, 1.807) is 4.90 Å². The van der Waals surface area contributed by atoms with Crippen LogP contribution in [0.5, 0.6) is 0 Å². The van der Waals surface area contributed by atoms with Crippen LogP contribution in [0.25, 0.3) is 6.08 Å². The maximum Gasteiger partial charge on any atom is 0.226 e. The minimum Gasteiger partial charge on any atom is -0.379 e. The topological polar surface area (TPSA) is 66.6 Å². The number of likely N-dealkylation sites (tertiary alicyclic amines) is 1. The predicted molar refractivity (Wildman–Crippen MR) is 74.9 cm³/mol. The zero-order valence-electron chi connectivity index (χ0n) is 11.0. The fourth-order valence-electron chi connectivity index (χ4n) is 2.17. The van der Waals surface area contributed by atoms with Crippen molar-refractivity contribution in [3.63, 3.8) is 0 Å². The largest absolute Gasteiger partial charge is 0.379 e. The molecular formula is C15H20N2O2. The molecule has 1 aliphatic heterocycles. The number of amides is 1. The SMILES string of the molecule is NC(O)CCc1cccc(C=CN2CCCC2=O)c1. The third-order valence-corrected chi connectivity index (χ3v) is 3.24. The number of nitrogens with zero attached hydrogens (tertiary/aromatic N) is 1. The van der Waals surface area contributed by atoms with Crippen molar-refractivity contribution in [1.82, 2.24) is 4.90 Å². The molecule has 0 saturated carbocycles. The Labute approximate surface area is 113 Å². The van der Waals surface area contributed by atoms with Crippen molar-refractivity contribution in [2.24, 2.45) is 5.73 Å². The van der Waals surface area contributed by atoms with Crippen LogP contribution in [0, 0.1) is 0 Å². The minimum absolute atomic E-state index is 0.193. The molecule has 1 fully saturated rings. The lowest BCUT2D eigenvalue weighted by molar-refractivity contribution is -0.125. The van der Waals surface area contributed by atoms with E-state index in [0.29, 0.717) is 12.8 Å². The molecular weight excluding hydrogens is 240 g/mol. The highest BCUT2D eigenvalue weighted by Gasteiger charge is 2.16. The van der Waals surface area contributed by atoms with Crippen LogP contribution in [0.1, 0.15) is 30.4 Å². The second kappa shape index (κ2) is 6.50. The monoisotopic (exact) mass is 260 g/mol. The zero-order chi connectivity index (χ0) is 13.7. The van der Waals surface area contributed by atoms with Gasteiger partial charge in [-0.15, -0.1) is 0 Å². The molecule has 0 aliphatic carbocycles. The van der Waals surface area contributed by atoms with E-state index in [0.717, 1.165) is 30.5 Å². The number of hydrogen-bond donors (Lipinski definition) is 2. The molecule has 1 saturated heterocycles. The summed E-state index contributed by atoms with van der Waals surface area (Å²) in [5, 5.41) is 9.08. The molecule has 4 heteroatoms. The van der Waals surface area contributed by atoms with Gasteiger partial charge in [-0.05, 0) is 36.5 Å². The highest BCUT2D eigenvalue weighted by Crippen LogP contribution is 2.13. The van der Waals surface area contributed by atoms with E-state index in [1.165, 1.54) is 0 Å². The summed E-state index contributed by atoms with van der Waals surface area (Å²) in [4.78, 5) is 13.2. The maximum atomic E-state index is 11.5. The summed E-state index contributed by atoms with van der Waals surface area (Å²) in [5.74, 6) is 0.193. The molecule has 1 amide bonds. The van der Waals surface area contributed by atoms with Crippen molar-refractivity contribution in [1.29, 1.82) is 0 Å². The number of nitrogens with two attached hydrogens (primary N) is 1. The van der Waals surface area contributed by atoms with Gasteiger partial charge in [-0.2, -0.15) is 0 Å². The summed E-state index contributed by atoms with van der Waals surface area (Å²) in [7, 11) is 0. The summed E-state index contributed by atoms with van der Waals surface area (Å²) in [6.07, 6.45) is 5.94. The van der Waals surface area contributed by atoms with Crippen LogP contribution in [0.3, 0.4) is 0 Å². The summed E-state index contributed by atoms with van der Waals surface area (Å²) in [6, 6.07) is 8.04. The average Bonchev–Trinajstić information content (AvgIpc) is 2.80. The summed E-state index contributed by atoms with van der Waals surface area (Å²) in [5.41, 5.74) is 7.53. The lowest BCUT2D eigenvalue weighted by Gasteiger charge is -2.09. The maximum absolute atomic E-state index is 11.5. The van der Waals surface area contributed by atoms with Gasteiger partial charge in [0.05, 0.1) is 0 Å². The third-order valence-electron chi connectivity index (χ3n) is 3.24. The Morgan fingerprint density at radius 2 is 2.32 bits per heavy atom. The Kier molecular flexibility index (Phi) is 4.71. The van der Waals surface area contributed by atoms with Gasteiger partial charge in [0.1, 0.15) is 6.23 Å². The lowest BCUT2D eigenvalue weighted by Crippen LogP contribution is -2.19. The Morgan fingerprint density at radius 3 is 3.00 bits per heavy atom. The molecule has 2 rings (SSSR count). The first-order valence-electron chi connectivity index (χ1n) is 6.65. The van der Waals surface area contributed by atoms with Crippen molar-refractivity contribution in [3.8, 4) is 0 Å². The van der Waals surface area contributed by atoms with Crippen LogP contribution in [0.2, 0.25) is 0 Å². The van der Waals surface area contributed by atoms with Crippen molar-refractivity contribution >= 4 is 12.0 Å². The molecule has 1 atom stereocenters. The van der Waals surface area contributed by atoms with E-state index in [4.69, 9.17) is 10.8 Å². The first-order valence-corrected chi connectivity index (χ1v) is 6.65. The van der Waals surface area contributed by atoms with Crippen molar-refractivity contribution in [2.75, 3.05) is 6.54 Å². The van der Waals surface area contributed by atoms with Gasteiger partial charge in [-0.3, -0.25) is 4.79 Å². The molecule has 0 spiro atoms. The highest BCUT2D eigenvalue weighted by atomic mass is 16.3. The summed E-state index contributed by atoms with van der Waals surface area (Å²) >= 11 is 0. The Hall–Kier alpha value is -1.65. The first kappa shape index (κ1) is 13.8. The summed E-state index contributed by atoms with van der Waals surface area (Å²) in [6.45, 7) is 0.814. The third kappa shape index (κ3) is 4.19. The van der Waals surface area contributed by atoms with Crippen LogP contribution < -0.4 is 5.73 Å². The van der Waals surface area contributed by atoms with E-state index < -0.39 is 6.23 Å². The second-order valence-corrected chi connectivity index (χ2v) is 4.86. The molecule has 1 heterocycles. The standard InChI is InChI=1S/C15H20N2O2/c16-14(18)7-6-12-3-1-4-13(11-12)8-10-17-9-2-5-15(17)19/h1,3-4,8,10-11,14,18H,2,5-7,9,16H2. The number of aliphatic hydroxyl groups is 1. The number of hydrogen-bond acceptors (Lipinski definition) is 3. The number of rotatable bonds is 5. The summed E-state index contributed by atoms with van der Waals surface area (Å²) < 4.78 is 0. The fraction of sp³-hybridized carbons (Fsp3) is 0.400. The molecule has 4 nitrogen and oxygen atoms in total. The van der Waals surface area contributed by atoms with E-state index in [9.17, 15) is 4.79 Å². The van der Waals surface area contributed by atoms with Crippen LogP contribution in [-0.2, 0) is 11.2 Å². The molecule has 1 aliphatic rings. The smallest absolute Gasteiger partial charge is 0.226 e. The molecule has 1 aromatic rings. The Bertz CT molecular complexity index is 469. The molecule has 1 unspecified atom stereocenters. The first-order chi connectivity index (χ1) is 9.15. The van der Waals surface area contributed by atoms with Crippen molar-refractivity contribution < 1.29 is 9.90 Å². The molecule has 1 aromatic carbocycles. The van der Waals surface area contributed by atoms with Crippen molar-refractivity contribution in [3.05, 3.63) is 41.6 Å². The van der Waals surface area contributed by atoms with Gasteiger partial charge >= 0.3 is 0 Å². The lowest BCUT2D eigenvalue weighted by atomic mass is 10.1. The van der Waals surface area contributed by atoms with Gasteiger partial charge < -0.3 is 15.7 Å². The van der Waals surface area contributed by atoms with Crippen LogP contribution in [0.4, 0.5) is 0 Å². The van der Waals surface area contributed by atoms with E-state index >= 15 is 0 Å². The Balaban J connectivity index is 1.98. The minimum atomic E-state index is -0.763. The Morgan fingerprint density at radius 1 is 1.47 bits per heavy atom. The van der Waals surface area contributed by atoms with Gasteiger partial charge in [0.25, 0.3) is 0 Å².